The average molecular weight is 360 g/mol. The van der Waals surface area contributed by atoms with Crippen molar-refractivity contribution < 1.29 is 4.74 Å². The van der Waals surface area contributed by atoms with Crippen LogP contribution < -0.4 is 10.3 Å². The van der Waals surface area contributed by atoms with Crippen LogP contribution in [0.5, 0.6) is 11.5 Å². The van der Waals surface area contributed by atoms with Crippen LogP contribution in [0, 0.1) is 11.3 Å². The second-order valence-electron chi connectivity index (χ2n) is 5.98. The van der Waals surface area contributed by atoms with Gasteiger partial charge in [-0.15, -0.1) is 0 Å². The highest BCUT2D eigenvalue weighted by Gasteiger charge is 2.16. The lowest BCUT2D eigenvalue weighted by Gasteiger charge is -2.14. The van der Waals surface area contributed by atoms with Crippen LogP contribution in [0.4, 0.5) is 0 Å². The molecule has 2 heterocycles. The number of pyridine rings is 1. The molecule has 6 heteroatoms. The lowest BCUT2D eigenvalue weighted by molar-refractivity contribution is 0.468. The maximum Gasteiger partial charge on any atom is 0.285 e. The van der Waals surface area contributed by atoms with Gasteiger partial charge < -0.3 is 4.74 Å². The molecule has 0 saturated carbocycles. The topological polar surface area (TPSA) is 80.8 Å². The van der Waals surface area contributed by atoms with E-state index in [0.29, 0.717) is 24.3 Å². The van der Waals surface area contributed by atoms with E-state index in [0.717, 1.165) is 16.8 Å². The Bertz CT molecular complexity index is 1040. The van der Waals surface area contributed by atoms with Gasteiger partial charge in [0.1, 0.15) is 23.1 Å². The molecule has 0 unspecified atom stereocenters. The van der Waals surface area contributed by atoms with Crippen molar-refractivity contribution in [2.75, 3.05) is 0 Å². The molecule has 2 aromatic heterocycles. The summed E-state index contributed by atoms with van der Waals surface area (Å²) in [5, 5.41) is 14.0. The Kier molecular flexibility index (Phi) is 5.62. The van der Waals surface area contributed by atoms with Gasteiger partial charge in [0, 0.05) is 11.8 Å². The first kappa shape index (κ1) is 18.3. The second-order valence-corrected chi connectivity index (χ2v) is 5.98. The summed E-state index contributed by atoms with van der Waals surface area (Å²) in [5.74, 6) is 1.23. The molecule has 0 N–H and O–H groups in total. The third-order valence-electron chi connectivity index (χ3n) is 4.30. The number of para-hydroxylation sites is 1. The number of nitriles is 1. The van der Waals surface area contributed by atoms with Crippen LogP contribution in [0.15, 0.2) is 53.6 Å². The summed E-state index contributed by atoms with van der Waals surface area (Å²) in [6, 6.07) is 13.1. The molecule has 27 heavy (non-hydrogen) atoms. The van der Waals surface area contributed by atoms with Crippen molar-refractivity contribution in [1.29, 1.82) is 5.26 Å². The van der Waals surface area contributed by atoms with E-state index >= 15 is 0 Å². The monoisotopic (exact) mass is 360 g/mol. The predicted octanol–water partition coefficient (Wildman–Crippen LogP) is 3.48. The fourth-order valence-electron chi connectivity index (χ4n) is 2.97. The molecule has 0 aliphatic rings. The zero-order valence-corrected chi connectivity index (χ0v) is 15.3. The maximum atomic E-state index is 12.7. The molecule has 1 aromatic carbocycles. The zero-order valence-electron chi connectivity index (χ0n) is 15.3. The molecule has 0 aliphatic heterocycles. The Morgan fingerprint density at radius 1 is 1.15 bits per heavy atom. The summed E-state index contributed by atoms with van der Waals surface area (Å²) in [4.78, 5) is 16.8. The van der Waals surface area contributed by atoms with Crippen LogP contribution in [0.2, 0.25) is 0 Å². The van der Waals surface area contributed by atoms with E-state index in [-0.39, 0.29) is 17.7 Å². The minimum absolute atomic E-state index is 0.176. The summed E-state index contributed by atoms with van der Waals surface area (Å²) < 4.78 is 7.26. The van der Waals surface area contributed by atoms with E-state index in [1.165, 1.54) is 4.68 Å². The highest BCUT2D eigenvalue weighted by molar-refractivity contribution is 5.40. The molecule has 0 fully saturated rings. The molecule has 0 aliphatic carbocycles. The molecule has 3 rings (SSSR count). The minimum Gasteiger partial charge on any atom is -0.455 e. The number of nitrogens with zero attached hydrogens (tertiary/aromatic N) is 4. The number of aryl methyl sites for hydroxylation is 1. The Morgan fingerprint density at radius 3 is 2.63 bits per heavy atom. The Labute approximate surface area is 157 Å². The van der Waals surface area contributed by atoms with Crippen LogP contribution in [0.3, 0.4) is 0 Å². The minimum atomic E-state index is -0.372. The van der Waals surface area contributed by atoms with Crippen molar-refractivity contribution in [3.05, 3.63) is 81.5 Å². The zero-order chi connectivity index (χ0) is 19.2. The van der Waals surface area contributed by atoms with Gasteiger partial charge in [-0.25, -0.2) is 4.68 Å². The standard InChI is InChI=1S/C21H20N4O2/c1-3-17-18(12-22)21(26)25(24-19(17)4-2)14-15-8-5-6-10-20(15)27-16-9-7-11-23-13-16/h5-11,13H,3-4,14H2,1-2H3. The van der Waals surface area contributed by atoms with Gasteiger partial charge in [-0.2, -0.15) is 10.4 Å². The summed E-state index contributed by atoms with van der Waals surface area (Å²) >= 11 is 0. The molecule has 0 radical (unpaired) electrons. The highest BCUT2D eigenvalue weighted by Crippen LogP contribution is 2.25. The predicted molar refractivity (Wildman–Crippen MR) is 102 cm³/mol. The molecule has 3 aromatic rings. The fraction of sp³-hybridized carbons (Fsp3) is 0.238. The summed E-state index contributed by atoms with van der Waals surface area (Å²) in [7, 11) is 0. The SMILES string of the molecule is CCc1nn(Cc2ccccc2Oc2cccnc2)c(=O)c(C#N)c1CC. The Morgan fingerprint density at radius 2 is 1.96 bits per heavy atom. The van der Waals surface area contributed by atoms with Gasteiger partial charge in [0.05, 0.1) is 18.4 Å². The molecular weight excluding hydrogens is 340 g/mol. The number of hydrogen-bond donors (Lipinski definition) is 0. The normalized spacial score (nSPS) is 10.4. The molecule has 6 nitrogen and oxygen atoms in total. The third kappa shape index (κ3) is 3.87. The van der Waals surface area contributed by atoms with E-state index in [1.807, 2.05) is 44.2 Å². The molecule has 0 spiro atoms. The van der Waals surface area contributed by atoms with Gasteiger partial charge in [-0.1, -0.05) is 32.0 Å². The van der Waals surface area contributed by atoms with Crippen molar-refractivity contribution in [2.24, 2.45) is 0 Å². The second kappa shape index (κ2) is 8.28. The Hall–Kier alpha value is -3.46. The van der Waals surface area contributed by atoms with Crippen LogP contribution in [-0.4, -0.2) is 14.8 Å². The lowest BCUT2D eigenvalue weighted by Crippen LogP contribution is -2.29. The first-order chi connectivity index (χ1) is 13.2. The van der Waals surface area contributed by atoms with Crippen molar-refractivity contribution in [3.8, 4) is 17.6 Å². The maximum absolute atomic E-state index is 12.7. The summed E-state index contributed by atoms with van der Waals surface area (Å²) in [5.41, 5.74) is 2.12. The average Bonchev–Trinajstić information content (AvgIpc) is 2.71. The van der Waals surface area contributed by atoms with Gasteiger partial charge in [0.25, 0.3) is 5.56 Å². The first-order valence-electron chi connectivity index (χ1n) is 8.86. The molecule has 0 amide bonds. The highest BCUT2D eigenvalue weighted by atomic mass is 16.5. The van der Waals surface area contributed by atoms with Crippen LogP contribution >= 0.6 is 0 Å². The lowest BCUT2D eigenvalue weighted by atomic mass is 10.0. The number of ether oxygens (including phenoxy) is 1. The number of rotatable bonds is 6. The van der Waals surface area contributed by atoms with E-state index in [2.05, 4.69) is 16.2 Å². The molecule has 0 atom stereocenters. The van der Waals surface area contributed by atoms with E-state index in [1.54, 1.807) is 18.5 Å². The largest absolute Gasteiger partial charge is 0.455 e. The number of aromatic nitrogens is 3. The van der Waals surface area contributed by atoms with Crippen LogP contribution in [-0.2, 0) is 19.4 Å². The molecule has 136 valence electrons. The number of hydrogen-bond acceptors (Lipinski definition) is 5. The number of benzene rings is 1. The van der Waals surface area contributed by atoms with Gasteiger partial charge in [0.15, 0.2) is 0 Å². The fourth-order valence-corrected chi connectivity index (χ4v) is 2.97. The van der Waals surface area contributed by atoms with Crippen LogP contribution in [0.1, 0.15) is 36.2 Å². The quantitative estimate of drug-likeness (QED) is 0.672. The molecule has 0 bridgehead atoms. The van der Waals surface area contributed by atoms with Gasteiger partial charge in [-0.05, 0) is 36.6 Å². The molecule has 0 saturated heterocycles. The third-order valence-corrected chi connectivity index (χ3v) is 4.30. The van der Waals surface area contributed by atoms with E-state index in [4.69, 9.17) is 4.74 Å². The Balaban J connectivity index is 2.02. The van der Waals surface area contributed by atoms with Crippen molar-refractivity contribution in [3.63, 3.8) is 0 Å². The van der Waals surface area contributed by atoms with Gasteiger partial charge in [-0.3, -0.25) is 9.78 Å². The van der Waals surface area contributed by atoms with Crippen molar-refractivity contribution in [2.45, 2.75) is 33.2 Å². The van der Waals surface area contributed by atoms with Crippen LogP contribution in [0.25, 0.3) is 0 Å². The van der Waals surface area contributed by atoms with E-state index < -0.39 is 0 Å². The van der Waals surface area contributed by atoms with Crippen molar-refractivity contribution >= 4 is 0 Å². The first-order valence-corrected chi connectivity index (χ1v) is 8.86. The summed E-state index contributed by atoms with van der Waals surface area (Å²) in [6.07, 6.45) is 4.56. The van der Waals surface area contributed by atoms with Gasteiger partial charge >= 0.3 is 0 Å². The molecular formula is C21H20N4O2. The van der Waals surface area contributed by atoms with Crippen molar-refractivity contribution in [1.82, 2.24) is 14.8 Å². The van der Waals surface area contributed by atoms with E-state index in [9.17, 15) is 10.1 Å². The van der Waals surface area contributed by atoms with Gasteiger partial charge in [0.2, 0.25) is 0 Å². The summed E-state index contributed by atoms with van der Waals surface area (Å²) in [6.45, 7) is 4.12. The smallest absolute Gasteiger partial charge is 0.285 e.